The van der Waals surface area contributed by atoms with Gasteiger partial charge in [-0.25, -0.2) is 8.42 Å². The minimum atomic E-state index is -4.42. The van der Waals surface area contributed by atoms with Crippen molar-refractivity contribution in [3.8, 4) is 22.6 Å². The molecule has 0 saturated carbocycles. The summed E-state index contributed by atoms with van der Waals surface area (Å²) in [5.74, 6) is 0.776. The van der Waals surface area contributed by atoms with Crippen LogP contribution >= 0.6 is 0 Å². The highest BCUT2D eigenvalue weighted by Crippen LogP contribution is 2.36. The molecule has 3 aromatic rings. The Balaban J connectivity index is 1.93. The van der Waals surface area contributed by atoms with Crippen LogP contribution in [0.2, 0.25) is 0 Å². The van der Waals surface area contributed by atoms with E-state index in [0.29, 0.717) is 34.7 Å². The van der Waals surface area contributed by atoms with E-state index in [1.807, 2.05) is 12.1 Å². The molecule has 0 aliphatic rings. The number of ether oxygens (including phenoxy) is 1. The third kappa shape index (κ3) is 5.80. The highest BCUT2D eigenvalue weighted by Gasteiger charge is 2.31. The summed E-state index contributed by atoms with van der Waals surface area (Å²) in [5.41, 5.74) is 8.25. The van der Waals surface area contributed by atoms with Gasteiger partial charge in [-0.1, -0.05) is 25.1 Å². The minimum absolute atomic E-state index is 0.145. The van der Waals surface area contributed by atoms with Crippen LogP contribution in [0, 0.1) is 0 Å². The predicted molar refractivity (Wildman–Crippen MR) is 119 cm³/mol. The molecular weight excluding hydrogens is 441 g/mol. The summed E-state index contributed by atoms with van der Waals surface area (Å²) in [6.07, 6.45) is -2.98. The second-order valence-electron chi connectivity index (χ2n) is 7.26. The normalized spacial score (nSPS) is 11.9. The van der Waals surface area contributed by atoms with Gasteiger partial charge in [0.05, 0.1) is 11.8 Å². The van der Waals surface area contributed by atoms with Crippen molar-refractivity contribution in [2.24, 2.45) is 5.73 Å². The number of nitrogens with two attached hydrogens (primary N) is 1. The van der Waals surface area contributed by atoms with Crippen molar-refractivity contribution < 1.29 is 26.3 Å². The first kappa shape index (κ1) is 23.6. The first-order valence-corrected chi connectivity index (χ1v) is 11.7. The van der Waals surface area contributed by atoms with Crippen molar-refractivity contribution in [3.63, 3.8) is 0 Å². The van der Waals surface area contributed by atoms with Crippen LogP contribution in [0.15, 0.2) is 60.7 Å². The number of rotatable bonds is 7. The lowest BCUT2D eigenvalue weighted by Crippen LogP contribution is -2.09. The Kier molecular flexibility index (Phi) is 6.80. The smallest absolute Gasteiger partial charge is 0.416 e. The van der Waals surface area contributed by atoms with Gasteiger partial charge >= 0.3 is 6.18 Å². The van der Waals surface area contributed by atoms with Gasteiger partial charge in [0.2, 0.25) is 10.0 Å². The van der Waals surface area contributed by atoms with E-state index < -0.39 is 21.8 Å². The van der Waals surface area contributed by atoms with Crippen LogP contribution in [0.4, 0.5) is 18.9 Å². The Bertz CT molecular complexity index is 1230. The number of anilines is 1. The molecule has 0 saturated heterocycles. The zero-order valence-electron chi connectivity index (χ0n) is 17.5. The van der Waals surface area contributed by atoms with Gasteiger partial charge in [0.15, 0.2) is 0 Å². The first-order valence-electron chi connectivity index (χ1n) is 9.79. The largest absolute Gasteiger partial charge is 0.457 e. The van der Waals surface area contributed by atoms with Gasteiger partial charge < -0.3 is 10.5 Å². The van der Waals surface area contributed by atoms with E-state index in [-0.39, 0.29) is 6.54 Å². The molecule has 0 bridgehead atoms. The molecule has 3 aromatic carbocycles. The molecule has 9 heteroatoms. The highest BCUT2D eigenvalue weighted by atomic mass is 32.2. The number of benzene rings is 3. The molecule has 0 radical (unpaired) electrons. The summed E-state index contributed by atoms with van der Waals surface area (Å²) in [7, 11) is -3.41. The molecule has 3 N–H and O–H groups in total. The van der Waals surface area contributed by atoms with Crippen molar-refractivity contribution >= 4 is 15.7 Å². The first-order chi connectivity index (χ1) is 15.0. The van der Waals surface area contributed by atoms with Crippen LogP contribution in [-0.4, -0.2) is 14.7 Å². The van der Waals surface area contributed by atoms with Crippen LogP contribution in [0.1, 0.15) is 23.6 Å². The van der Waals surface area contributed by atoms with Gasteiger partial charge in [0, 0.05) is 17.8 Å². The molecule has 0 aliphatic carbocycles. The molecule has 0 unspecified atom stereocenters. The molecule has 32 heavy (non-hydrogen) atoms. The van der Waals surface area contributed by atoms with Crippen LogP contribution in [0.5, 0.6) is 11.5 Å². The maximum absolute atomic E-state index is 13.0. The van der Waals surface area contributed by atoms with Crippen molar-refractivity contribution in [2.75, 3.05) is 11.0 Å². The fourth-order valence-electron chi connectivity index (χ4n) is 3.24. The lowest BCUT2D eigenvalue weighted by atomic mass is 10.0. The lowest BCUT2D eigenvalue weighted by Gasteiger charge is -2.16. The SMILES string of the molecule is CCc1cc(C(F)(F)F)ccc1Oc1ccc(-c2cccc(NS(C)(=O)=O)c2)cc1CN. The van der Waals surface area contributed by atoms with E-state index in [1.165, 1.54) is 6.07 Å². The molecule has 3 rings (SSSR count). The number of hydrogen-bond donors (Lipinski definition) is 2. The molecule has 0 heterocycles. The lowest BCUT2D eigenvalue weighted by molar-refractivity contribution is -0.137. The third-order valence-electron chi connectivity index (χ3n) is 4.77. The molecule has 0 fully saturated rings. The van der Waals surface area contributed by atoms with Crippen LogP contribution in [0.3, 0.4) is 0 Å². The quantitative estimate of drug-likeness (QED) is 0.480. The fourth-order valence-corrected chi connectivity index (χ4v) is 3.80. The maximum Gasteiger partial charge on any atom is 0.416 e. The number of aryl methyl sites for hydroxylation is 1. The van der Waals surface area contributed by atoms with Gasteiger partial charge in [-0.3, -0.25) is 4.72 Å². The number of hydrogen-bond acceptors (Lipinski definition) is 4. The van der Waals surface area contributed by atoms with Crippen LogP contribution in [0.25, 0.3) is 11.1 Å². The van der Waals surface area contributed by atoms with Crippen molar-refractivity contribution in [2.45, 2.75) is 26.1 Å². The van der Waals surface area contributed by atoms with Crippen LogP contribution < -0.4 is 15.2 Å². The van der Waals surface area contributed by atoms with Crippen molar-refractivity contribution in [1.29, 1.82) is 0 Å². The number of sulfonamides is 1. The van der Waals surface area contributed by atoms with E-state index in [1.54, 1.807) is 37.3 Å². The predicted octanol–water partition coefficient (Wildman–Crippen LogP) is 5.56. The fraction of sp³-hybridized carbons (Fsp3) is 0.217. The second-order valence-corrected chi connectivity index (χ2v) is 9.01. The Morgan fingerprint density at radius 3 is 2.22 bits per heavy atom. The summed E-state index contributed by atoms with van der Waals surface area (Å²) < 4.78 is 70.4. The molecule has 170 valence electrons. The Morgan fingerprint density at radius 2 is 1.59 bits per heavy atom. The topological polar surface area (TPSA) is 81.4 Å². The average Bonchev–Trinajstić information content (AvgIpc) is 2.72. The van der Waals surface area contributed by atoms with E-state index in [0.717, 1.165) is 29.5 Å². The standard InChI is InChI=1S/C23H23F3N2O3S/c1-3-15-12-19(23(24,25)26)8-10-21(15)31-22-9-7-17(11-18(22)14-27)16-5-4-6-20(13-16)28-32(2,29)30/h4-13,28H,3,14,27H2,1-2H3. The summed E-state index contributed by atoms with van der Waals surface area (Å²) in [6, 6.07) is 15.6. The number of alkyl halides is 3. The Hall–Kier alpha value is -3.04. The minimum Gasteiger partial charge on any atom is -0.457 e. The summed E-state index contributed by atoms with van der Waals surface area (Å²) in [5, 5.41) is 0. The second kappa shape index (κ2) is 9.22. The van der Waals surface area contributed by atoms with Gasteiger partial charge in [-0.05, 0) is 65.6 Å². The molecule has 0 amide bonds. The molecular formula is C23H23F3N2O3S. The van der Waals surface area contributed by atoms with Gasteiger partial charge in [0.25, 0.3) is 0 Å². The van der Waals surface area contributed by atoms with E-state index >= 15 is 0 Å². The van der Waals surface area contributed by atoms with Gasteiger partial charge in [-0.15, -0.1) is 0 Å². The molecule has 0 atom stereocenters. The summed E-state index contributed by atoms with van der Waals surface area (Å²) in [4.78, 5) is 0. The molecule has 5 nitrogen and oxygen atoms in total. The molecule has 0 aromatic heterocycles. The monoisotopic (exact) mass is 464 g/mol. The molecule has 0 aliphatic heterocycles. The van der Waals surface area contributed by atoms with Gasteiger partial charge in [0.1, 0.15) is 11.5 Å². The third-order valence-corrected chi connectivity index (χ3v) is 5.37. The summed E-state index contributed by atoms with van der Waals surface area (Å²) in [6.45, 7) is 1.90. The zero-order valence-corrected chi connectivity index (χ0v) is 18.3. The summed E-state index contributed by atoms with van der Waals surface area (Å²) >= 11 is 0. The number of nitrogens with one attached hydrogen (secondary N) is 1. The van der Waals surface area contributed by atoms with Crippen molar-refractivity contribution in [3.05, 3.63) is 77.4 Å². The van der Waals surface area contributed by atoms with Gasteiger partial charge in [-0.2, -0.15) is 13.2 Å². The zero-order chi connectivity index (χ0) is 23.5. The maximum atomic E-state index is 13.0. The highest BCUT2D eigenvalue weighted by molar-refractivity contribution is 7.92. The number of halogens is 3. The van der Waals surface area contributed by atoms with E-state index in [2.05, 4.69) is 4.72 Å². The molecule has 0 spiro atoms. The van der Waals surface area contributed by atoms with E-state index in [4.69, 9.17) is 10.5 Å². The average molecular weight is 465 g/mol. The Morgan fingerprint density at radius 1 is 0.938 bits per heavy atom. The van der Waals surface area contributed by atoms with E-state index in [9.17, 15) is 21.6 Å². The van der Waals surface area contributed by atoms with Crippen LogP contribution in [-0.2, 0) is 29.2 Å². The Labute approximate surface area is 185 Å². The van der Waals surface area contributed by atoms with Crippen molar-refractivity contribution in [1.82, 2.24) is 0 Å².